The molecule has 92 valence electrons. The first-order valence-electron chi connectivity index (χ1n) is 5.12. The predicted octanol–water partition coefficient (Wildman–Crippen LogP) is 2.24. The van der Waals surface area contributed by atoms with Crippen molar-refractivity contribution in [3.63, 3.8) is 0 Å². The molecule has 0 fully saturated rings. The number of rotatable bonds is 3. The van der Waals surface area contributed by atoms with Crippen molar-refractivity contribution in [1.29, 1.82) is 0 Å². The standard InChI is InChI=1S/C13H10O5/c1-18-9-6-7-4-2-3-5-8(7)10(12(14)15)11(9)13(16)17/h2-6H,1H3,(H,14,15)(H,16,17). The Morgan fingerprint density at radius 3 is 2.22 bits per heavy atom. The van der Waals surface area contributed by atoms with Crippen LogP contribution in [0.5, 0.6) is 5.75 Å². The molecule has 0 spiro atoms. The second-order valence-corrected chi connectivity index (χ2v) is 3.66. The molecule has 18 heavy (non-hydrogen) atoms. The molecule has 0 aromatic heterocycles. The summed E-state index contributed by atoms with van der Waals surface area (Å²) in [4.78, 5) is 22.5. The lowest BCUT2D eigenvalue weighted by Gasteiger charge is -2.11. The van der Waals surface area contributed by atoms with Gasteiger partial charge >= 0.3 is 11.9 Å². The number of benzene rings is 2. The van der Waals surface area contributed by atoms with E-state index in [0.29, 0.717) is 10.8 Å². The van der Waals surface area contributed by atoms with Crippen LogP contribution in [0.15, 0.2) is 30.3 Å². The number of carboxylic acids is 2. The third kappa shape index (κ3) is 1.75. The van der Waals surface area contributed by atoms with Gasteiger partial charge in [0, 0.05) is 0 Å². The first-order chi connectivity index (χ1) is 8.56. The van der Waals surface area contributed by atoms with E-state index in [1.54, 1.807) is 24.3 Å². The third-order valence-electron chi connectivity index (χ3n) is 2.66. The molecule has 0 aliphatic carbocycles. The summed E-state index contributed by atoms with van der Waals surface area (Å²) >= 11 is 0. The number of ether oxygens (including phenoxy) is 1. The maximum atomic E-state index is 11.3. The van der Waals surface area contributed by atoms with Crippen LogP contribution in [-0.4, -0.2) is 29.3 Å². The second kappa shape index (κ2) is 4.37. The lowest BCUT2D eigenvalue weighted by molar-refractivity contribution is 0.0650. The van der Waals surface area contributed by atoms with Gasteiger partial charge in [-0.25, -0.2) is 9.59 Å². The Kier molecular flexibility index (Phi) is 2.89. The van der Waals surface area contributed by atoms with Crippen LogP contribution in [0.4, 0.5) is 0 Å². The summed E-state index contributed by atoms with van der Waals surface area (Å²) in [5, 5.41) is 19.4. The van der Waals surface area contributed by atoms with Gasteiger partial charge in [-0.15, -0.1) is 0 Å². The quantitative estimate of drug-likeness (QED) is 0.867. The minimum atomic E-state index is -1.32. The molecule has 0 heterocycles. The van der Waals surface area contributed by atoms with E-state index >= 15 is 0 Å². The van der Waals surface area contributed by atoms with Crippen molar-refractivity contribution in [3.8, 4) is 5.75 Å². The molecule has 2 aromatic rings. The zero-order chi connectivity index (χ0) is 13.3. The van der Waals surface area contributed by atoms with Gasteiger partial charge in [-0.3, -0.25) is 0 Å². The molecule has 2 rings (SSSR count). The SMILES string of the molecule is COc1cc2ccccc2c(C(=O)O)c1C(=O)O. The Bertz CT molecular complexity index is 645. The fourth-order valence-corrected chi connectivity index (χ4v) is 1.92. The average Bonchev–Trinajstić information content (AvgIpc) is 2.35. The molecule has 0 saturated heterocycles. The van der Waals surface area contributed by atoms with Gasteiger partial charge in [-0.05, 0) is 16.8 Å². The van der Waals surface area contributed by atoms with Crippen molar-refractivity contribution in [3.05, 3.63) is 41.5 Å². The Hall–Kier alpha value is -2.56. The summed E-state index contributed by atoms with van der Waals surface area (Å²) in [6.07, 6.45) is 0. The van der Waals surface area contributed by atoms with Crippen molar-refractivity contribution in [1.82, 2.24) is 0 Å². The third-order valence-corrected chi connectivity index (χ3v) is 2.66. The molecule has 5 heteroatoms. The Labute approximate surface area is 102 Å². The molecule has 0 amide bonds. The Morgan fingerprint density at radius 2 is 1.67 bits per heavy atom. The minimum Gasteiger partial charge on any atom is -0.496 e. The van der Waals surface area contributed by atoms with Crippen LogP contribution in [-0.2, 0) is 0 Å². The maximum absolute atomic E-state index is 11.3. The summed E-state index contributed by atoms with van der Waals surface area (Å²) in [5.74, 6) is -2.57. The van der Waals surface area contributed by atoms with Gasteiger partial charge in [0.1, 0.15) is 11.3 Å². The molecule has 0 saturated carbocycles. The van der Waals surface area contributed by atoms with E-state index in [2.05, 4.69) is 0 Å². The van der Waals surface area contributed by atoms with Gasteiger partial charge in [-0.2, -0.15) is 0 Å². The van der Waals surface area contributed by atoms with E-state index in [1.807, 2.05) is 0 Å². The summed E-state index contributed by atoms with van der Waals surface area (Å²) < 4.78 is 4.96. The maximum Gasteiger partial charge on any atom is 0.340 e. The van der Waals surface area contributed by atoms with Gasteiger partial charge < -0.3 is 14.9 Å². The van der Waals surface area contributed by atoms with Crippen molar-refractivity contribution in [2.24, 2.45) is 0 Å². The zero-order valence-corrected chi connectivity index (χ0v) is 9.51. The summed E-state index contributed by atoms with van der Waals surface area (Å²) in [6, 6.07) is 8.20. The number of methoxy groups -OCH3 is 1. The fourth-order valence-electron chi connectivity index (χ4n) is 1.92. The topological polar surface area (TPSA) is 83.8 Å². The first kappa shape index (κ1) is 11.9. The summed E-state index contributed by atoms with van der Waals surface area (Å²) in [5.41, 5.74) is -0.582. The normalized spacial score (nSPS) is 10.3. The van der Waals surface area contributed by atoms with Crippen LogP contribution >= 0.6 is 0 Å². The summed E-state index contributed by atoms with van der Waals surface area (Å²) in [6.45, 7) is 0. The van der Waals surface area contributed by atoms with Gasteiger partial charge in [0.25, 0.3) is 0 Å². The number of carboxylic acid groups (broad SMARTS) is 2. The van der Waals surface area contributed by atoms with E-state index in [0.717, 1.165) is 0 Å². The Morgan fingerprint density at radius 1 is 1.06 bits per heavy atom. The summed E-state index contributed by atoms with van der Waals surface area (Å²) in [7, 11) is 1.31. The lowest BCUT2D eigenvalue weighted by atomic mass is 9.98. The van der Waals surface area contributed by atoms with E-state index in [4.69, 9.17) is 9.84 Å². The molecule has 0 atom stereocenters. The number of carbonyl (C=O) groups is 2. The van der Waals surface area contributed by atoms with Gasteiger partial charge in [0.2, 0.25) is 0 Å². The molecule has 2 aromatic carbocycles. The first-order valence-corrected chi connectivity index (χ1v) is 5.12. The highest BCUT2D eigenvalue weighted by atomic mass is 16.5. The fraction of sp³-hybridized carbons (Fsp3) is 0.0769. The van der Waals surface area contributed by atoms with Gasteiger partial charge in [0.05, 0.1) is 12.7 Å². The molecule has 5 nitrogen and oxygen atoms in total. The number of fused-ring (bicyclic) bond motifs is 1. The molecule has 0 bridgehead atoms. The molecular weight excluding hydrogens is 236 g/mol. The number of hydrogen-bond donors (Lipinski definition) is 2. The van der Waals surface area contributed by atoms with E-state index < -0.39 is 11.9 Å². The second-order valence-electron chi connectivity index (χ2n) is 3.66. The highest BCUT2D eigenvalue weighted by molar-refractivity contribution is 6.13. The van der Waals surface area contributed by atoms with Gasteiger partial charge in [0.15, 0.2) is 0 Å². The number of aromatic carboxylic acids is 2. The van der Waals surface area contributed by atoms with Crippen molar-refractivity contribution < 1.29 is 24.5 Å². The van der Waals surface area contributed by atoms with Crippen LogP contribution < -0.4 is 4.74 Å². The molecular formula is C13H10O5. The van der Waals surface area contributed by atoms with Crippen LogP contribution in [0.2, 0.25) is 0 Å². The largest absolute Gasteiger partial charge is 0.496 e. The van der Waals surface area contributed by atoms with E-state index in [-0.39, 0.29) is 16.9 Å². The molecule has 0 radical (unpaired) electrons. The molecule has 0 aliphatic rings. The monoisotopic (exact) mass is 246 g/mol. The predicted molar refractivity (Wildman–Crippen MR) is 64.4 cm³/mol. The molecule has 2 N–H and O–H groups in total. The van der Waals surface area contributed by atoms with Crippen molar-refractivity contribution in [2.45, 2.75) is 0 Å². The highest BCUT2D eigenvalue weighted by Gasteiger charge is 2.24. The molecule has 0 unspecified atom stereocenters. The minimum absolute atomic E-state index is 0.0404. The van der Waals surface area contributed by atoms with Gasteiger partial charge in [-0.1, -0.05) is 24.3 Å². The van der Waals surface area contributed by atoms with Crippen LogP contribution in [0.3, 0.4) is 0 Å². The lowest BCUT2D eigenvalue weighted by Crippen LogP contribution is -2.10. The van der Waals surface area contributed by atoms with Crippen LogP contribution in [0.1, 0.15) is 20.7 Å². The zero-order valence-electron chi connectivity index (χ0n) is 9.51. The van der Waals surface area contributed by atoms with E-state index in [1.165, 1.54) is 13.2 Å². The number of hydrogen-bond acceptors (Lipinski definition) is 3. The average molecular weight is 246 g/mol. The smallest absolute Gasteiger partial charge is 0.340 e. The Balaban J connectivity index is 2.98. The van der Waals surface area contributed by atoms with Crippen molar-refractivity contribution in [2.75, 3.05) is 7.11 Å². The van der Waals surface area contributed by atoms with E-state index in [9.17, 15) is 14.7 Å². The molecule has 0 aliphatic heterocycles. The van der Waals surface area contributed by atoms with Crippen LogP contribution in [0.25, 0.3) is 10.8 Å². The van der Waals surface area contributed by atoms with Crippen LogP contribution in [0, 0.1) is 0 Å². The highest BCUT2D eigenvalue weighted by Crippen LogP contribution is 2.31. The van der Waals surface area contributed by atoms with Crippen molar-refractivity contribution >= 4 is 22.7 Å².